The molecule has 0 aliphatic heterocycles. The zero-order valence-electron chi connectivity index (χ0n) is 12.3. The first-order chi connectivity index (χ1) is 10.2. The predicted octanol–water partition coefficient (Wildman–Crippen LogP) is 2.68. The summed E-state index contributed by atoms with van der Waals surface area (Å²) in [5.41, 5.74) is 3.19. The maximum absolute atomic E-state index is 8.75. The molecular weight excluding hydrogens is 262 g/mol. The summed E-state index contributed by atoms with van der Waals surface area (Å²) in [7, 11) is 3.71. The molecular formula is C18H19NO2. The highest BCUT2D eigenvalue weighted by atomic mass is 16.5. The minimum absolute atomic E-state index is 0.117. The summed E-state index contributed by atoms with van der Waals surface area (Å²) in [4.78, 5) is 2.15. The highest BCUT2D eigenvalue weighted by Crippen LogP contribution is 2.21. The average molecular weight is 281 g/mol. The normalized spacial score (nSPS) is 9.67. The van der Waals surface area contributed by atoms with Crippen LogP contribution in [0, 0.1) is 11.8 Å². The lowest BCUT2D eigenvalue weighted by Gasteiger charge is -2.20. The smallest absolute Gasteiger partial charge is 0.120 e. The molecule has 2 aromatic rings. The van der Waals surface area contributed by atoms with Crippen molar-refractivity contribution in [2.75, 3.05) is 25.7 Å². The second kappa shape index (κ2) is 7.37. The molecule has 0 bridgehead atoms. The number of hydrogen-bond acceptors (Lipinski definition) is 3. The molecule has 0 aliphatic carbocycles. The summed E-state index contributed by atoms with van der Waals surface area (Å²) >= 11 is 0. The molecule has 0 aliphatic rings. The van der Waals surface area contributed by atoms with Gasteiger partial charge in [0, 0.05) is 30.9 Å². The Bertz CT molecular complexity index is 656. The van der Waals surface area contributed by atoms with Gasteiger partial charge in [-0.2, -0.15) is 0 Å². The molecule has 1 N–H and O–H groups in total. The largest absolute Gasteiger partial charge is 0.497 e. The van der Waals surface area contributed by atoms with Crippen LogP contribution in [0.1, 0.15) is 11.1 Å². The molecule has 0 radical (unpaired) electrons. The molecule has 0 heterocycles. The molecule has 2 rings (SSSR count). The van der Waals surface area contributed by atoms with Gasteiger partial charge in [0.2, 0.25) is 0 Å². The molecule has 21 heavy (non-hydrogen) atoms. The van der Waals surface area contributed by atoms with Crippen molar-refractivity contribution >= 4 is 5.69 Å². The maximum Gasteiger partial charge on any atom is 0.120 e. The zero-order valence-corrected chi connectivity index (χ0v) is 12.3. The van der Waals surface area contributed by atoms with E-state index in [-0.39, 0.29) is 6.61 Å². The lowest BCUT2D eigenvalue weighted by molar-refractivity contribution is 0.350. The van der Waals surface area contributed by atoms with Crippen molar-refractivity contribution < 1.29 is 9.84 Å². The third-order valence-electron chi connectivity index (χ3n) is 3.15. The van der Waals surface area contributed by atoms with Crippen molar-refractivity contribution in [3.8, 4) is 17.6 Å². The number of rotatable bonds is 4. The summed E-state index contributed by atoms with van der Waals surface area (Å²) in [6.45, 7) is 0.662. The molecule has 108 valence electrons. The van der Waals surface area contributed by atoms with Gasteiger partial charge in [-0.25, -0.2) is 0 Å². The first kappa shape index (κ1) is 15.0. The molecule has 0 fully saturated rings. The Morgan fingerprint density at radius 2 is 1.95 bits per heavy atom. The first-order valence-corrected chi connectivity index (χ1v) is 6.77. The van der Waals surface area contributed by atoms with Gasteiger partial charge < -0.3 is 14.7 Å². The van der Waals surface area contributed by atoms with E-state index in [1.165, 1.54) is 5.56 Å². The quantitative estimate of drug-likeness (QED) is 0.875. The van der Waals surface area contributed by atoms with E-state index in [0.29, 0.717) is 0 Å². The van der Waals surface area contributed by atoms with Gasteiger partial charge in [0.1, 0.15) is 12.4 Å². The first-order valence-electron chi connectivity index (χ1n) is 6.77. The Morgan fingerprint density at radius 3 is 2.71 bits per heavy atom. The molecule has 2 aromatic carbocycles. The number of aliphatic hydroxyl groups is 1. The van der Waals surface area contributed by atoms with Crippen LogP contribution in [0.5, 0.6) is 5.75 Å². The van der Waals surface area contributed by atoms with Crippen LogP contribution in [-0.2, 0) is 6.54 Å². The van der Waals surface area contributed by atoms with E-state index in [1.807, 2.05) is 43.4 Å². The summed E-state index contributed by atoms with van der Waals surface area (Å²) < 4.78 is 5.25. The fraction of sp³-hybridized carbons (Fsp3) is 0.222. The molecule has 0 aromatic heterocycles. The van der Waals surface area contributed by atoms with Crippen molar-refractivity contribution in [1.29, 1.82) is 0 Å². The second-order valence-electron chi connectivity index (χ2n) is 4.72. The third-order valence-corrected chi connectivity index (χ3v) is 3.15. The number of hydrogen-bond donors (Lipinski definition) is 1. The van der Waals surface area contributed by atoms with Crippen LogP contribution in [0.25, 0.3) is 0 Å². The van der Waals surface area contributed by atoms with Gasteiger partial charge in [0.05, 0.1) is 7.11 Å². The number of anilines is 1. The van der Waals surface area contributed by atoms with E-state index in [9.17, 15) is 0 Å². The highest BCUT2D eigenvalue weighted by molar-refractivity contribution is 5.51. The van der Waals surface area contributed by atoms with Gasteiger partial charge in [0.25, 0.3) is 0 Å². The molecule has 0 saturated heterocycles. The van der Waals surface area contributed by atoms with Crippen LogP contribution in [0.2, 0.25) is 0 Å². The number of benzene rings is 2. The molecule has 0 spiro atoms. The molecule has 3 nitrogen and oxygen atoms in total. The Labute approximate surface area is 125 Å². The number of methoxy groups -OCH3 is 1. The van der Waals surface area contributed by atoms with E-state index < -0.39 is 0 Å². The molecule has 0 atom stereocenters. The van der Waals surface area contributed by atoms with Crippen molar-refractivity contribution in [1.82, 2.24) is 0 Å². The van der Waals surface area contributed by atoms with Crippen molar-refractivity contribution in [2.24, 2.45) is 0 Å². The highest BCUT2D eigenvalue weighted by Gasteiger charge is 2.04. The van der Waals surface area contributed by atoms with E-state index >= 15 is 0 Å². The van der Waals surface area contributed by atoms with E-state index in [2.05, 4.69) is 28.9 Å². The fourth-order valence-electron chi connectivity index (χ4n) is 2.10. The van der Waals surface area contributed by atoms with Crippen LogP contribution in [0.3, 0.4) is 0 Å². The number of ether oxygens (including phenoxy) is 1. The SMILES string of the molecule is COc1cccc(N(C)Cc2cccc(C#CCO)c2)c1. The van der Waals surface area contributed by atoms with Crippen molar-refractivity contribution in [3.05, 3.63) is 59.7 Å². The standard InChI is InChI=1S/C18H19NO2/c1-19(17-9-4-10-18(13-17)21-2)14-16-7-3-6-15(12-16)8-5-11-20/h3-4,6-7,9-10,12-13,20H,11,14H2,1-2H3. The van der Waals surface area contributed by atoms with Crippen LogP contribution in [0.4, 0.5) is 5.69 Å². The fourth-order valence-corrected chi connectivity index (χ4v) is 2.10. The zero-order chi connectivity index (χ0) is 15.1. The summed E-state index contributed by atoms with van der Waals surface area (Å²) in [5.74, 6) is 6.44. The van der Waals surface area contributed by atoms with Crippen molar-refractivity contribution in [3.63, 3.8) is 0 Å². The average Bonchev–Trinajstić information content (AvgIpc) is 2.53. The summed E-state index contributed by atoms with van der Waals surface area (Å²) in [5, 5.41) is 8.75. The monoisotopic (exact) mass is 281 g/mol. The summed E-state index contributed by atoms with van der Waals surface area (Å²) in [6, 6.07) is 16.0. The predicted molar refractivity (Wildman–Crippen MR) is 85.5 cm³/mol. The Morgan fingerprint density at radius 1 is 1.14 bits per heavy atom. The van der Waals surface area contributed by atoms with Gasteiger partial charge in [-0.05, 0) is 29.8 Å². The topological polar surface area (TPSA) is 32.7 Å². The number of nitrogens with zero attached hydrogens (tertiary/aromatic N) is 1. The Kier molecular flexibility index (Phi) is 5.25. The van der Waals surface area contributed by atoms with Gasteiger partial charge in [-0.15, -0.1) is 0 Å². The minimum atomic E-state index is -0.117. The van der Waals surface area contributed by atoms with Crippen LogP contribution < -0.4 is 9.64 Å². The van der Waals surface area contributed by atoms with E-state index in [4.69, 9.17) is 9.84 Å². The van der Waals surface area contributed by atoms with Gasteiger partial charge in [-0.1, -0.05) is 30.0 Å². The number of aliphatic hydroxyl groups excluding tert-OH is 1. The maximum atomic E-state index is 8.75. The van der Waals surface area contributed by atoms with E-state index in [0.717, 1.165) is 23.5 Å². The van der Waals surface area contributed by atoms with Crippen LogP contribution >= 0.6 is 0 Å². The lowest BCUT2D eigenvalue weighted by Crippen LogP contribution is -2.16. The summed E-state index contributed by atoms with van der Waals surface area (Å²) in [6.07, 6.45) is 0. The van der Waals surface area contributed by atoms with Crippen LogP contribution in [0.15, 0.2) is 48.5 Å². The third kappa shape index (κ3) is 4.27. The lowest BCUT2D eigenvalue weighted by atomic mass is 10.1. The molecule has 0 amide bonds. The van der Waals surface area contributed by atoms with Gasteiger partial charge >= 0.3 is 0 Å². The molecule has 0 unspecified atom stereocenters. The Balaban J connectivity index is 2.13. The molecule has 3 heteroatoms. The van der Waals surface area contributed by atoms with Crippen molar-refractivity contribution in [2.45, 2.75) is 6.54 Å². The van der Waals surface area contributed by atoms with Gasteiger partial charge in [-0.3, -0.25) is 0 Å². The van der Waals surface area contributed by atoms with E-state index in [1.54, 1.807) is 7.11 Å². The molecule has 0 saturated carbocycles. The van der Waals surface area contributed by atoms with Gasteiger partial charge in [0.15, 0.2) is 0 Å². The van der Waals surface area contributed by atoms with Crippen LogP contribution in [-0.4, -0.2) is 25.9 Å². The Hall–Kier alpha value is -2.44. The second-order valence-corrected chi connectivity index (χ2v) is 4.72. The minimum Gasteiger partial charge on any atom is -0.497 e.